The Bertz CT molecular complexity index is 429. The first kappa shape index (κ1) is 12.6. The molecule has 0 N–H and O–H groups in total. The summed E-state index contributed by atoms with van der Waals surface area (Å²) >= 11 is 0. The van der Waals surface area contributed by atoms with Gasteiger partial charge in [0, 0.05) is 24.7 Å². The topological polar surface area (TPSA) is 3.24 Å². The zero-order chi connectivity index (χ0) is 12.0. The molecule has 0 saturated heterocycles. The van der Waals surface area contributed by atoms with E-state index in [4.69, 9.17) is 0 Å². The van der Waals surface area contributed by atoms with Gasteiger partial charge >= 0.3 is 0 Å². The lowest BCUT2D eigenvalue weighted by molar-refractivity contribution is 0.974. The van der Waals surface area contributed by atoms with Crippen molar-refractivity contribution in [1.82, 2.24) is 0 Å². The first-order chi connectivity index (χ1) is 7.83. The van der Waals surface area contributed by atoms with Gasteiger partial charge in [-0.2, -0.15) is 0 Å². The molecule has 2 aromatic carbocycles. The molecule has 0 saturated carbocycles. The molecule has 0 radical (unpaired) electrons. The van der Waals surface area contributed by atoms with Crippen molar-refractivity contribution in [3.8, 4) is 0 Å². The van der Waals surface area contributed by atoms with E-state index in [2.05, 4.69) is 61.3 Å². The Hall–Kier alpha value is -1.50. The largest absolute Gasteiger partial charge is 0.374 e. The van der Waals surface area contributed by atoms with Crippen LogP contribution in [0.25, 0.3) is 10.8 Å². The van der Waals surface area contributed by atoms with E-state index in [1.165, 1.54) is 16.5 Å². The molecule has 0 fully saturated rings. The summed E-state index contributed by atoms with van der Waals surface area (Å²) in [5, 5.41) is 2.64. The molecule has 0 bridgehead atoms. The van der Waals surface area contributed by atoms with Gasteiger partial charge in [-0.25, -0.2) is 0 Å². The Morgan fingerprint density at radius 3 is 2.25 bits per heavy atom. The fraction of sp³-hybridized carbons (Fsp3) is 0.333. The van der Waals surface area contributed by atoms with Crippen LogP contribution in [0.15, 0.2) is 42.5 Å². The molecule has 0 aromatic heterocycles. The van der Waals surface area contributed by atoms with Crippen LogP contribution in [-0.4, -0.2) is 13.6 Å². The van der Waals surface area contributed by atoms with Gasteiger partial charge in [-0.3, -0.25) is 0 Å². The monoisotopic (exact) mass is 215 g/mol. The smallest absolute Gasteiger partial charge is 0.0443 e. The highest BCUT2D eigenvalue weighted by molar-refractivity contribution is 5.94. The molecule has 16 heavy (non-hydrogen) atoms. The van der Waals surface area contributed by atoms with Gasteiger partial charge in [0.15, 0.2) is 0 Å². The zero-order valence-corrected chi connectivity index (χ0v) is 10.7. The Morgan fingerprint density at radius 1 is 0.938 bits per heavy atom. The Balaban J connectivity index is 0.000000606. The highest BCUT2D eigenvalue weighted by Crippen LogP contribution is 2.25. The second-order valence-corrected chi connectivity index (χ2v) is 3.51. The van der Waals surface area contributed by atoms with E-state index in [1.807, 2.05) is 13.8 Å². The minimum atomic E-state index is 1.04. The zero-order valence-electron chi connectivity index (χ0n) is 10.7. The number of benzene rings is 2. The molecule has 0 heterocycles. The number of hydrogen-bond acceptors (Lipinski definition) is 1. The fourth-order valence-electron chi connectivity index (χ4n) is 1.71. The molecule has 1 heteroatoms. The van der Waals surface area contributed by atoms with Gasteiger partial charge in [-0.05, 0) is 18.4 Å². The first-order valence-electron chi connectivity index (χ1n) is 6.02. The molecule has 0 atom stereocenters. The average molecular weight is 215 g/mol. The molecule has 0 aliphatic carbocycles. The van der Waals surface area contributed by atoms with Gasteiger partial charge in [-0.1, -0.05) is 50.2 Å². The third-order valence-electron chi connectivity index (χ3n) is 2.65. The number of fused-ring (bicyclic) bond motifs is 1. The van der Waals surface area contributed by atoms with E-state index in [0.717, 1.165) is 6.54 Å². The first-order valence-corrected chi connectivity index (χ1v) is 6.02. The SMILES string of the molecule is CC.CCN(C)c1cccc2ccccc12. The van der Waals surface area contributed by atoms with Gasteiger partial charge in [-0.15, -0.1) is 0 Å². The van der Waals surface area contributed by atoms with E-state index in [-0.39, 0.29) is 0 Å². The maximum absolute atomic E-state index is 2.27. The van der Waals surface area contributed by atoms with E-state index in [9.17, 15) is 0 Å². The molecule has 0 spiro atoms. The quantitative estimate of drug-likeness (QED) is 0.721. The van der Waals surface area contributed by atoms with Crippen molar-refractivity contribution in [2.45, 2.75) is 20.8 Å². The minimum absolute atomic E-state index is 1.04. The summed E-state index contributed by atoms with van der Waals surface area (Å²) in [7, 11) is 2.13. The van der Waals surface area contributed by atoms with Crippen molar-refractivity contribution in [3.05, 3.63) is 42.5 Å². The van der Waals surface area contributed by atoms with Gasteiger partial charge in [0.1, 0.15) is 0 Å². The van der Waals surface area contributed by atoms with E-state index >= 15 is 0 Å². The van der Waals surface area contributed by atoms with Crippen molar-refractivity contribution in [1.29, 1.82) is 0 Å². The van der Waals surface area contributed by atoms with Gasteiger partial charge in [0.05, 0.1) is 0 Å². The second-order valence-electron chi connectivity index (χ2n) is 3.51. The molecule has 1 nitrogen and oxygen atoms in total. The lowest BCUT2D eigenvalue weighted by Crippen LogP contribution is -2.15. The second kappa shape index (κ2) is 6.16. The predicted octanol–water partition coefficient (Wildman–Crippen LogP) is 4.32. The number of rotatable bonds is 2. The molecular weight excluding hydrogens is 194 g/mol. The Labute approximate surface area is 98.7 Å². The lowest BCUT2D eigenvalue weighted by atomic mass is 10.1. The minimum Gasteiger partial charge on any atom is -0.374 e. The van der Waals surface area contributed by atoms with Gasteiger partial charge in [0.2, 0.25) is 0 Å². The van der Waals surface area contributed by atoms with Gasteiger partial charge in [0.25, 0.3) is 0 Å². The van der Waals surface area contributed by atoms with Crippen LogP contribution in [0.3, 0.4) is 0 Å². The average Bonchev–Trinajstić information content (AvgIpc) is 2.39. The van der Waals surface area contributed by atoms with Crippen molar-refractivity contribution in [2.24, 2.45) is 0 Å². The van der Waals surface area contributed by atoms with Crippen LogP contribution in [0, 0.1) is 0 Å². The van der Waals surface area contributed by atoms with Crippen LogP contribution in [0.2, 0.25) is 0 Å². The summed E-state index contributed by atoms with van der Waals surface area (Å²) < 4.78 is 0. The standard InChI is InChI=1S/C13H15N.C2H6/c1-3-14(2)13-10-6-8-11-7-4-5-9-12(11)13;1-2/h4-10H,3H2,1-2H3;1-2H3. The van der Waals surface area contributed by atoms with Crippen LogP contribution in [0.4, 0.5) is 5.69 Å². The van der Waals surface area contributed by atoms with Crippen LogP contribution < -0.4 is 4.90 Å². The molecule has 2 aromatic rings. The highest BCUT2D eigenvalue weighted by atomic mass is 15.1. The van der Waals surface area contributed by atoms with E-state index in [1.54, 1.807) is 0 Å². The number of hydrogen-bond donors (Lipinski definition) is 0. The summed E-state index contributed by atoms with van der Waals surface area (Å²) in [6.45, 7) is 7.20. The van der Waals surface area contributed by atoms with Crippen LogP contribution in [0.1, 0.15) is 20.8 Å². The Kier molecular flexibility index (Phi) is 4.84. The summed E-state index contributed by atoms with van der Waals surface area (Å²) in [5.41, 5.74) is 1.31. The molecule has 0 amide bonds. The van der Waals surface area contributed by atoms with Crippen LogP contribution in [-0.2, 0) is 0 Å². The molecule has 0 aliphatic rings. The molecule has 0 unspecified atom stereocenters. The Morgan fingerprint density at radius 2 is 1.56 bits per heavy atom. The normalized spacial score (nSPS) is 9.50. The highest BCUT2D eigenvalue weighted by Gasteiger charge is 2.02. The molecule has 0 aliphatic heterocycles. The third kappa shape index (κ3) is 2.54. The third-order valence-corrected chi connectivity index (χ3v) is 2.65. The van der Waals surface area contributed by atoms with Crippen molar-refractivity contribution < 1.29 is 0 Å². The predicted molar refractivity (Wildman–Crippen MR) is 74.2 cm³/mol. The van der Waals surface area contributed by atoms with Crippen molar-refractivity contribution >= 4 is 16.5 Å². The number of nitrogens with zero attached hydrogens (tertiary/aromatic N) is 1. The van der Waals surface area contributed by atoms with Crippen molar-refractivity contribution in [2.75, 3.05) is 18.5 Å². The van der Waals surface area contributed by atoms with Crippen molar-refractivity contribution in [3.63, 3.8) is 0 Å². The summed E-state index contributed by atoms with van der Waals surface area (Å²) in [5.74, 6) is 0. The lowest BCUT2D eigenvalue weighted by Gasteiger charge is -2.18. The molecule has 2 rings (SSSR count). The van der Waals surface area contributed by atoms with Crippen LogP contribution in [0.5, 0.6) is 0 Å². The van der Waals surface area contributed by atoms with Gasteiger partial charge < -0.3 is 4.90 Å². The molecule has 86 valence electrons. The summed E-state index contributed by atoms with van der Waals surface area (Å²) in [4.78, 5) is 2.27. The number of anilines is 1. The summed E-state index contributed by atoms with van der Waals surface area (Å²) in [6.07, 6.45) is 0. The summed E-state index contributed by atoms with van der Waals surface area (Å²) in [6, 6.07) is 14.9. The fourth-order valence-corrected chi connectivity index (χ4v) is 1.71. The van der Waals surface area contributed by atoms with E-state index in [0.29, 0.717) is 0 Å². The molecular formula is C15H21N. The maximum Gasteiger partial charge on any atom is 0.0443 e. The van der Waals surface area contributed by atoms with E-state index < -0.39 is 0 Å². The maximum atomic E-state index is 2.27. The van der Waals surface area contributed by atoms with Crippen LogP contribution >= 0.6 is 0 Å².